The Kier molecular flexibility index (Phi) is 2.91. The van der Waals surface area contributed by atoms with E-state index in [-0.39, 0.29) is 5.56 Å². The smallest absolute Gasteiger partial charge is 0.251 e. The molecular formula is C15H15N3O. The maximum Gasteiger partial charge on any atom is 0.251 e. The van der Waals surface area contributed by atoms with Crippen LogP contribution in [0.25, 0.3) is 16.9 Å². The molecular weight excluding hydrogens is 238 g/mol. The van der Waals surface area contributed by atoms with Gasteiger partial charge in [0.25, 0.3) is 5.56 Å². The number of benzene rings is 1. The van der Waals surface area contributed by atoms with Crippen LogP contribution in [0, 0.1) is 0 Å². The third-order valence-corrected chi connectivity index (χ3v) is 3.08. The molecule has 0 saturated heterocycles. The number of aromatic nitrogens is 3. The van der Waals surface area contributed by atoms with Crippen LogP contribution >= 0.6 is 0 Å². The largest absolute Gasteiger partial charge is 0.307 e. The van der Waals surface area contributed by atoms with E-state index < -0.39 is 0 Å². The lowest BCUT2D eigenvalue weighted by Gasteiger charge is -2.03. The summed E-state index contributed by atoms with van der Waals surface area (Å²) in [7, 11) is 0. The summed E-state index contributed by atoms with van der Waals surface area (Å²) in [4.78, 5) is 14.6. The minimum absolute atomic E-state index is 0.102. The third kappa shape index (κ3) is 2.17. The van der Waals surface area contributed by atoms with E-state index in [1.165, 1.54) is 0 Å². The SMILES string of the molecule is CCCc1cc2[nH]c(=O)cc(-c3ccccc3)n2n1. The van der Waals surface area contributed by atoms with Gasteiger partial charge < -0.3 is 4.98 Å². The number of hydrogen-bond donors (Lipinski definition) is 1. The monoisotopic (exact) mass is 253 g/mol. The Balaban J connectivity index is 2.26. The summed E-state index contributed by atoms with van der Waals surface area (Å²) in [6, 6.07) is 13.4. The summed E-state index contributed by atoms with van der Waals surface area (Å²) in [6.45, 7) is 2.12. The van der Waals surface area contributed by atoms with Crippen LogP contribution in [0.15, 0.2) is 47.3 Å². The van der Waals surface area contributed by atoms with Crippen LogP contribution in [0.3, 0.4) is 0 Å². The molecule has 0 atom stereocenters. The maximum atomic E-state index is 11.7. The molecule has 0 amide bonds. The highest BCUT2D eigenvalue weighted by Gasteiger charge is 2.08. The van der Waals surface area contributed by atoms with Crippen molar-refractivity contribution >= 4 is 5.65 Å². The van der Waals surface area contributed by atoms with E-state index in [9.17, 15) is 4.79 Å². The molecule has 0 aliphatic rings. The minimum Gasteiger partial charge on any atom is -0.307 e. The van der Waals surface area contributed by atoms with Crippen LogP contribution in [-0.4, -0.2) is 14.6 Å². The zero-order valence-electron chi connectivity index (χ0n) is 10.8. The fourth-order valence-corrected chi connectivity index (χ4v) is 2.24. The molecule has 0 aliphatic carbocycles. The van der Waals surface area contributed by atoms with Crippen molar-refractivity contribution in [2.75, 3.05) is 0 Å². The number of aromatic amines is 1. The molecule has 4 heteroatoms. The average molecular weight is 253 g/mol. The predicted molar refractivity (Wildman–Crippen MR) is 75.2 cm³/mol. The summed E-state index contributed by atoms with van der Waals surface area (Å²) < 4.78 is 1.81. The average Bonchev–Trinajstić information content (AvgIpc) is 2.81. The van der Waals surface area contributed by atoms with E-state index in [2.05, 4.69) is 17.0 Å². The molecule has 0 bridgehead atoms. The van der Waals surface area contributed by atoms with Crippen LogP contribution < -0.4 is 5.56 Å². The van der Waals surface area contributed by atoms with Crippen molar-refractivity contribution in [1.82, 2.24) is 14.6 Å². The molecule has 96 valence electrons. The summed E-state index contributed by atoms with van der Waals surface area (Å²) in [6.07, 6.45) is 1.95. The summed E-state index contributed by atoms with van der Waals surface area (Å²) in [5.41, 5.74) is 3.46. The van der Waals surface area contributed by atoms with Gasteiger partial charge in [0.1, 0.15) is 5.65 Å². The van der Waals surface area contributed by atoms with Crippen LogP contribution in [0.1, 0.15) is 19.0 Å². The highest BCUT2D eigenvalue weighted by atomic mass is 16.1. The lowest BCUT2D eigenvalue weighted by molar-refractivity contribution is 0.835. The molecule has 0 fully saturated rings. The van der Waals surface area contributed by atoms with Gasteiger partial charge in [-0.2, -0.15) is 5.10 Å². The van der Waals surface area contributed by atoms with Gasteiger partial charge >= 0.3 is 0 Å². The van der Waals surface area contributed by atoms with Crippen LogP contribution in [-0.2, 0) is 6.42 Å². The first-order chi connectivity index (χ1) is 9.28. The Labute approximate surface area is 110 Å². The van der Waals surface area contributed by atoms with E-state index in [1.807, 2.05) is 40.9 Å². The molecule has 2 heterocycles. The fraction of sp³-hybridized carbons (Fsp3) is 0.200. The lowest BCUT2D eigenvalue weighted by Crippen LogP contribution is -2.09. The Hall–Kier alpha value is -2.36. The number of fused-ring (bicyclic) bond motifs is 1. The number of nitrogens with zero attached hydrogens (tertiary/aromatic N) is 2. The van der Waals surface area contributed by atoms with Gasteiger partial charge in [-0.3, -0.25) is 4.79 Å². The van der Waals surface area contributed by atoms with Crippen molar-refractivity contribution in [2.45, 2.75) is 19.8 Å². The topological polar surface area (TPSA) is 50.2 Å². The minimum atomic E-state index is -0.102. The highest BCUT2D eigenvalue weighted by molar-refractivity contribution is 5.62. The predicted octanol–water partition coefficient (Wildman–Crippen LogP) is 2.64. The van der Waals surface area contributed by atoms with Gasteiger partial charge in [-0.1, -0.05) is 43.7 Å². The number of hydrogen-bond acceptors (Lipinski definition) is 2. The van der Waals surface area contributed by atoms with Crippen molar-refractivity contribution in [3.05, 3.63) is 58.5 Å². The maximum absolute atomic E-state index is 11.7. The second kappa shape index (κ2) is 4.72. The van der Waals surface area contributed by atoms with Gasteiger partial charge in [0.05, 0.1) is 11.4 Å². The van der Waals surface area contributed by atoms with Crippen LogP contribution in [0.2, 0.25) is 0 Å². The number of aryl methyl sites for hydroxylation is 1. The molecule has 3 aromatic rings. The summed E-state index contributed by atoms with van der Waals surface area (Å²) in [5, 5.41) is 4.57. The molecule has 3 rings (SSSR count). The number of H-pyrrole nitrogens is 1. The van der Waals surface area contributed by atoms with Gasteiger partial charge in [0, 0.05) is 17.7 Å². The van der Waals surface area contributed by atoms with E-state index in [4.69, 9.17) is 0 Å². The Morgan fingerprint density at radius 2 is 2.00 bits per heavy atom. The molecule has 1 aromatic carbocycles. The standard InChI is InChI=1S/C15H15N3O/c1-2-6-12-9-14-16-15(19)10-13(18(14)17-12)11-7-4-3-5-8-11/h3-5,7-10H,2,6H2,1H3,(H,16,19). The van der Waals surface area contributed by atoms with Gasteiger partial charge in [0.2, 0.25) is 0 Å². The second-order valence-electron chi connectivity index (χ2n) is 4.57. The van der Waals surface area contributed by atoms with Crippen molar-refractivity contribution in [3.8, 4) is 11.3 Å². The Bertz CT molecular complexity index is 756. The molecule has 0 radical (unpaired) electrons. The van der Waals surface area contributed by atoms with Crippen molar-refractivity contribution in [3.63, 3.8) is 0 Å². The molecule has 0 aliphatic heterocycles. The lowest BCUT2D eigenvalue weighted by atomic mass is 10.1. The van der Waals surface area contributed by atoms with Crippen LogP contribution in [0.4, 0.5) is 0 Å². The summed E-state index contributed by atoms with van der Waals surface area (Å²) in [5.74, 6) is 0. The quantitative estimate of drug-likeness (QED) is 0.780. The molecule has 19 heavy (non-hydrogen) atoms. The highest BCUT2D eigenvalue weighted by Crippen LogP contribution is 2.18. The van der Waals surface area contributed by atoms with E-state index in [1.54, 1.807) is 6.07 Å². The number of nitrogens with one attached hydrogen (secondary N) is 1. The molecule has 2 aromatic heterocycles. The first-order valence-electron chi connectivity index (χ1n) is 6.45. The van der Waals surface area contributed by atoms with Crippen molar-refractivity contribution in [2.24, 2.45) is 0 Å². The normalized spacial score (nSPS) is 11.0. The van der Waals surface area contributed by atoms with Gasteiger partial charge in [0.15, 0.2) is 0 Å². The van der Waals surface area contributed by atoms with Gasteiger partial charge in [-0.25, -0.2) is 4.52 Å². The molecule has 0 saturated carbocycles. The first kappa shape index (κ1) is 11.7. The van der Waals surface area contributed by atoms with E-state index in [0.29, 0.717) is 0 Å². The molecule has 0 unspecified atom stereocenters. The first-order valence-corrected chi connectivity index (χ1v) is 6.45. The van der Waals surface area contributed by atoms with Gasteiger partial charge in [-0.05, 0) is 6.42 Å². The van der Waals surface area contributed by atoms with Crippen LogP contribution in [0.5, 0.6) is 0 Å². The number of rotatable bonds is 3. The summed E-state index contributed by atoms with van der Waals surface area (Å²) >= 11 is 0. The van der Waals surface area contributed by atoms with E-state index in [0.717, 1.165) is 35.4 Å². The zero-order valence-corrected chi connectivity index (χ0v) is 10.8. The second-order valence-corrected chi connectivity index (χ2v) is 4.57. The fourth-order valence-electron chi connectivity index (χ4n) is 2.24. The van der Waals surface area contributed by atoms with Crippen molar-refractivity contribution < 1.29 is 0 Å². The third-order valence-electron chi connectivity index (χ3n) is 3.08. The molecule has 0 spiro atoms. The van der Waals surface area contributed by atoms with Crippen molar-refractivity contribution in [1.29, 1.82) is 0 Å². The Morgan fingerprint density at radius 3 is 2.74 bits per heavy atom. The molecule has 4 nitrogen and oxygen atoms in total. The Morgan fingerprint density at radius 1 is 1.21 bits per heavy atom. The molecule has 1 N–H and O–H groups in total. The van der Waals surface area contributed by atoms with Gasteiger partial charge in [-0.15, -0.1) is 0 Å². The van der Waals surface area contributed by atoms with E-state index >= 15 is 0 Å². The zero-order chi connectivity index (χ0) is 13.2.